The van der Waals surface area contributed by atoms with Crippen LogP contribution in [-0.4, -0.2) is 38.5 Å². The first-order chi connectivity index (χ1) is 9.58. The van der Waals surface area contributed by atoms with E-state index in [0.29, 0.717) is 16.8 Å². The van der Waals surface area contributed by atoms with E-state index in [0.717, 1.165) is 24.9 Å². The van der Waals surface area contributed by atoms with Crippen LogP contribution in [0.15, 0.2) is 15.7 Å². The summed E-state index contributed by atoms with van der Waals surface area (Å²) in [7, 11) is -3.38. The Balaban J connectivity index is 1.67. The van der Waals surface area contributed by atoms with Gasteiger partial charge < -0.3 is 10.6 Å². The molecule has 2 saturated heterocycles. The summed E-state index contributed by atoms with van der Waals surface area (Å²) in [5.74, 6) is 0. The summed E-state index contributed by atoms with van der Waals surface area (Å²) in [6, 6.07) is 2.32. The maximum absolute atomic E-state index is 12.4. The molecule has 0 aliphatic carbocycles. The van der Waals surface area contributed by atoms with Gasteiger partial charge in [0, 0.05) is 18.6 Å². The van der Waals surface area contributed by atoms with E-state index in [9.17, 15) is 8.42 Å². The number of fused-ring (bicyclic) bond motifs is 1. The maximum Gasteiger partial charge on any atom is 0.250 e. The predicted octanol–water partition coefficient (Wildman–Crippen LogP) is 1.11. The van der Waals surface area contributed by atoms with E-state index in [1.54, 1.807) is 6.07 Å². The summed E-state index contributed by atoms with van der Waals surface area (Å²) in [4.78, 5) is 2.49. The van der Waals surface area contributed by atoms with Crippen LogP contribution in [0.25, 0.3) is 0 Å². The largest absolute Gasteiger partial charge is 0.326 e. The zero-order valence-electron chi connectivity index (χ0n) is 11.4. The first kappa shape index (κ1) is 14.5. The zero-order valence-corrected chi connectivity index (χ0v) is 13.0. The van der Waals surface area contributed by atoms with Gasteiger partial charge in [-0.25, -0.2) is 13.1 Å². The zero-order chi connectivity index (χ0) is 14.2. The topological polar surface area (TPSA) is 75.4 Å². The van der Waals surface area contributed by atoms with Gasteiger partial charge >= 0.3 is 0 Å². The summed E-state index contributed by atoms with van der Waals surface area (Å²) in [6.07, 6.45) is 4.29. The van der Waals surface area contributed by atoms with Crippen molar-refractivity contribution in [1.29, 1.82) is 0 Å². The molecule has 0 bridgehead atoms. The molecule has 2 atom stereocenters. The Hall–Kier alpha value is -0.470. The van der Waals surface area contributed by atoms with E-state index >= 15 is 0 Å². The van der Waals surface area contributed by atoms with Gasteiger partial charge in [0.1, 0.15) is 4.21 Å². The van der Waals surface area contributed by atoms with E-state index in [-0.39, 0.29) is 6.04 Å². The van der Waals surface area contributed by atoms with E-state index < -0.39 is 10.0 Å². The lowest BCUT2D eigenvalue weighted by molar-refractivity contribution is 0.176. The van der Waals surface area contributed by atoms with Gasteiger partial charge in [-0.1, -0.05) is 0 Å². The highest BCUT2D eigenvalue weighted by Crippen LogP contribution is 2.28. The fourth-order valence-electron chi connectivity index (χ4n) is 3.21. The third-order valence-electron chi connectivity index (χ3n) is 4.27. The second-order valence-corrected chi connectivity index (χ2v) is 8.50. The van der Waals surface area contributed by atoms with Gasteiger partial charge in [0.05, 0.1) is 0 Å². The molecule has 3 N–H and O–H groups in total. The highest BCUT2D eigenvalue weighted by molar-refractivity contribution is 7.91. The highest BCUT2D eigenvalue weighted by atomic mass is 32.2. The summed E-state index contributed by atoms with van der Waals surface area (Å²) in [5.41, 5.74) is 6.41. The van der Waals surface area contributed by atoms with Crippen LogP contribution in [-0.2, 0) is 16.6 Å². The molecule has 2 fully saturated rings. The van der Waals surface area contributed by atoms with E-state index in [4.69, 9.17) is 5.73 Å². The van der Waals surface area contributed by atoms with Crippen molar-refractivity contribution in [2.75, 3.05) is 13.1 Å². The van der Waals surface area contributed by atoms with Crippen LogP contribution < -0.4 is 10.5 Å². The number of rotatable bonds is 4. The Morgan fingerprint density at radius 2 is 2.25 bits per heavy atom. The molecule has 0 aromatic carbocycles. The van der Waals surface area contributed by atoms with E-state index in [2.05, 4.69) is 9.62 Å². The number of nitrogens with two attached hydrogens (primary N) is 1. The second kappa shape index (κ2) is 5.73. The van der Waals surface area contributed by atoms with Crippen LogP contribution in [0.3, 0.4) is 0 Å². The van der Waals surface area contributed by atoms with E-state index in [1.807, 2.05) is 5.38 Å². The van der Waals surface area contributed by atoms with E-state index in [1.165, 1.54) is 30.7 Å². The number of sulfonamides is 1. The van der Waals surface area contributed by atoms with Crippen LogP contribution in [0.1, 0.15) is 31.2 Å². The van der Waals surface area contributed by atoms with Crippen LogP contribution in [0.2, 0.25) is 0 Å². The minimum Gasteiger partial charge on any atom is -0.326 e. The van der Waals surface area contributed by atoms with Crippen LogP contribution >= 0.6 is 11.3 Å². The molecule has 2 unspecified atom stereocenters. The smallest absolute Gasteiger partial charge is 0.250 e. The van der Waals surface area contributed by atoms with Crippen molar-refractivity contribution in [2.24, 2.45) is 5.73 Å². The van der Waals surface area contributed by atoms with Crippen molar-refractivity contribution in [3.63, 3.8) is 0 Å². The number of thiophene rings is 1. The predicted molar refractivity (Wildman–Crippen MR) is 80.1 cm³/mol. The Morgan fingerprint density at radius 3 is 3.00 bits per heavy atom. The molecule has 5 nitrogen and oxygen atoms in total. The summed E-state index contributed by atoms with van der Waals surface area (Å²) < 4.78 is 28.0. The molecule has 0 radical (unpaired) electrons. The first-order valence-corrected chi connectivity index (χ1v) is 9.48. The molecule has 2 aliphatic rings. The molecule has 3 rings (SSSR count). The van der Waals surface area contributed by atoms with Crippen molar-refractivity contribution in [2.45, 2.75) is 48.5 Å². The third-order valence-corrected chi connectivity index (χ3v) is 7.28. The average molecular weight is 315 g/mol. The molecule has 2 aliphatic heterocycles. The maximum atomic E-state index is 12.4. The fraction of sp³-hybridized carbons (Fsp3) is 0.692. The molecule has 1 aromatic rings. The van der Waals surface area contributed by atoms with Gasteiger partial charge in [-0.3, -0.25) is 0 Å². The van der Waals surface area contributed by atoms with Crippen molar-refractivity contribution in [3.8, 4) is 0 Å². The summed E-state index contributed by atoms with van der Waals surface area (Å²) in [6.45, 7) is 2.57. The molecule has 1 aromatic heterocycles. The number of nitrogens with one attached hydrogen (secondary N) is 1. The highest BCUT2D eigenvalue weighted by Gasteiger charge is 2.33. The van der Waals surface area contributed by atoms with Gasteiger partial charge in [0.2, 0.25) is 10.0 Å². The molecule has 20 heavy (non-hydrogen) atoms. The monoisotopic (exact) mass is 315 g/mol. The normalized spacial score (nSPS) is 27.6. The molecule has 0 saturated carbocycles. The van der Waals surface area contributed by atoms with Crippen molar-refractivity contribution >= 4 is 21.4 Å². The lowest BCUT2D eigenvalue weighted by Crippen LogP contribution is -2.47. The quantitative estimate of drug-likeness (QED) is 0.873. The third kappa shape index (κ3) is 2.92. The molecule has 3 heterocycles. The van der Waals surface area contributed by atoms with Crippen molar-refractivity contribution < 1.29 is 8.42 Å². The lowest BCUT2D eigenvalue weighted by Gasteiger charge is -2.34. The number of piperidine rings is 1. The van der Waals surface area contributed by atoms with Gasteiger partial charge in [0.25, 0.3) is 0 Å². The Morgan fingerprint density at radius 1 is 1.40 bits per heavy atom. The van der Waals surface area contributed by atoms with Crippen LogP contribution in [0.5, 0.6) is 0 Å². The number of hydrogen-bond acceptors (Lipinski definition) is 5. The minimum absolute atomic E-state index is 0.0720. The van der Waals surface area contributed by atoms with Crippen LogP contribution in [0.4, 0.5) is 0 Å². The Bertz CT molecular complexity index is 570. The molecule has 0 amide bonds. The van der Waals surface area contributed by atoms with Crippen LogP contribution in [0, 0.1) is 0 Å². The Kier molecular flexibility index (Phi) is 4.14. The lowest BCUT2D eigenvalue weighted by atomic mass is 9.99. The van der Waals surface area contributed by atoms with Crippen molar-refractivity contribution in [3.05, 3.63) is 17.0 Å². The summed E-state index contributed by atoms with van der Waals surface area (Å²) in [5, 5.41) is 1.81. The minimum atomic E-state index is -3.38. The molecule has 112 valence electrons. The van der Waals surface area contributed by atoms with Gasteiger partial charge in [0.15, 0.2) is 0 Å². The molecule has 7 heteroatoms. The van der Waals surface area contributed by atoms with Gasteiger partial charge in [-0.15, -0.1) is 11.3 Å². The molecular weight excluding hydrogens is 294 g/mol. The molecular formula is C13H21N3O2S2. The number of nitrogens with zero attached hydrogens (tertiary/aromatic N) is 1. The standard InChI is InChI=1S/C13H21N3O2S2/c14-8-10-6-13(19-9-10)20(17,18)15-11-3-5-16-4-1-2-12(16)7-11/h6,9,11-12,15H,1-5,7-8,14H2. The summed E-state index contributed by atoms with van der Waals surface area (Å²) >= 11 is 1.25. The average Bonchev–Trinajstić information content (AvgIpc) is 3.06. The SMILES string of the molecule is NCc1csc(S(=O)(=O)NC2CCN3CCCC3C2)c1. The van der Waals surface area contributed by atoms with Crippen molar-refractivity contribution in [1.82, 2.24) is 9.62 Å². The fourth-order valence-corrected chi connectivity index (χ4v) is 5.73. The Labute approximate surface area is 124 Å². The van der Waals surface area contributed by atoms with Gasteiger partial charge in [-0.05, 0) is 55.8 Å². The second-order valence-electron chi connectivity index (χ2n) is 5.65. The van der Waals surface area contributed by atoms with Gasteiger partial charge in [-0.2, -0.15) is 0 Å². The molecule has 0 spiro atoms. The number of hydrogen-bond donors (Lipinski definition) is 2. The first-order valence-electron chi connectivity index (χ1n) is 7.12.